The van der Waals surface area contributed by atoms with Gasteiger partial charge in [-0.3, -0.25) is 9.59 Å². The van der Waals surface area contributed by atoms with Crippen LogP contribution in [0.1, 0.15) is 25.0 Å². The molecule has 0 radical (unpaired) electrons. The van der Waals surface area contributed by atoms with Crippen molar-refractivity contribution >= 4 is 11.8 Å². The van der Waals surface area contributed by atoms with E-state index in [1.165, 1.54) is 6.07 Å². The quantitative estimate of drug-likeness (QED) is 0.894. The lowest BCUT2D eigenvalue weighted by Gasteiger charge is -2.31. The molecule has 1 aromatic heterocycles. The van der Waals surface area contributed by atoms with Crippen LogP contribution in [-0.4, -0.2) is 36.9 Å². The van der Waals surface area contributed by atoms with Crippen molar-refractivity contribution in [3.8, 4) is 11.3 Å². The molecule has 2 aromatic rings. The first kappa shape index (κ1) is 18.2. The van der Waals surface area contributed by atoms with Crippen LogP contribution < -0.4 is 5.32 Å². The summed E-state index contributed by atoms with van der Waals surface area (Å²) >= 11 is 0. The van der Waals surface area contributed by atoms with Crippen molar-refractivity contribution in [2.75, 3.05) is 20.1 Å². The Bertz CT molecular complexity index is 779. The summed E-state index contributed by atoms with van der Waals surface area (Å²) in [6.45, 7) is 1.21. The lowest BCUT2D eigenvalue weighted by Crippen LogP contribution is -2.42. The Balaban J connectivity index is 1.51. The lowest BCUT2D eigenvalue weighted by molar-refractivity contribution is -0.135. The highest BCUT2D eigenvalue weighted by Gasteiger charge is 2.26. The monoisotopic (exact) mass is 358 g/mol. The summed E-state index contributed by atoms with van der Waals surface area (Å²) in [7, 11) is 1.64. The molecule has 2 heterocycles. The number of rotatable bonds is 5. The molecule has 1 aliphatic heterocycles. The highest BCUT2D eigenvalue weighted by atomic mass is 19.1. The Labute approximate surface area is 152 Å². The fraction of sp³-hybridized carbons (Fsp3) is 0.400. The smallest absolute Gasteiger partial charge is 0.223 e. The van der Waals surface area contributed by atoms with Gasteiger partial charge in [-0.25, -0.2) is 4.39 Å². The zero-order valence-corrected chi connectivity index (χ0v) is 14.8. The molecule has 1 aromatic carbocycles. The molecule has 0 spiro atoms. The van der Waals surface area contributed by atoms with Gasteiger partial charge in [0.1, 0.15) is 17.3 Å². The number of piperidine rings is 1. The molecule has 1 N–H and O–H groups in total. The lowest BCUT2D eigenvalue weighted by atomic mass is 9.95. The fourth-order valence-electron chi connectivity index (χ4n) is 3.30. The predicted octanol–water partition coefficient (Wildman–Crippen LogP) is 3.00. The van der Waals surface area contributed by atoms with Gasteiger partial charge in [0.05, 0.1) is 5.56 Å². The van der Waals surface area contributed by atoms with Gasteiger partial charge in [-0.1, -0.05) is 12.1 Å². The molecule has 0 atom stereocenters. The Kier molecular flexibility index (Phi) is 5.71. The van der Waals surface area contributed by atoms with Gasteiger partial charge in [0.15, 0.2) is 0 Å². The molecule has 138 valence electrons. The molecule has 1 aliphatic rings. The molecular formula is C20H23FN2O3. The molecule has 6 heteroatoms. The van der Waals surface area contributed by atoms with Gasteiger partial charge in [0.25, 0.3) is 0 Å². The normalized spacial score (nSPS) is 15.1. The number of carbonyl (C=O) groups is 2. The highest BCUT2D eigenvalue weighted by Crippen LogP contribution is 2.25. The van der Waals surface area contributed by atoms with E-state index < -0.39 is 0 Å². The maximum Gasteiger partial charge on any atom is 0.223 e. The number of benzene rings is 1. The van der Waals surface area contributed by atoms with Gasteiger partial charge in [-0.2, -0.15) is 0 Å². The Morgan fingerprint density at radius 1 is 1.19 bits per heavy atom. The van der Waals surface area contributed by atoms with Crippen molar-refractivity contribution in [2.45, 2.75) is 25.7 Å². The number of nitrogens with one attached hydrogen (secondary N) is 1. The first-order valence-corrected chi connectivity index (χ1v) is 8.91. The molecule has 0 bridgehead atoms. The van der Waals surface area contributed by atoms with Gasteiger partial charge >= 0.3 is 0 Å². The molecular weight excluding hydrogens is 335 g/mol. The van der Waals surface area contributed by atoms with E-state index in [4.69, 9.17) is 4.42 Å². The number of amides is 2. The third-order valence-electron chi connectivity index (χ3n) is 4.85. The number of furan rings is 1. The Morgan fingerprint density at radius 2 is 1.92 bits per heavy atom. The number of halogens is 1. The van der Waals surface area contributed by atoms with Crippen molar-refractivity contribution < 1.29 is 18.4 Å². The van der Waals surface area contributed by atoms with Crippen LogP contribution in [0.5, 0.6) is 0 Å². The molecule has 3 rings (SSSR count). The van der Waals surface area contributed by atoms with Crippen LogP contribution in [0.2, 0.25) is 0 Å². The van der Waals surface area contributed by atoms with E-state index in [-0.39, 0.29) is 23.5 Å². The van der Waals surface area contributed by atoms with E-state index in [2.05, 4.69) is 5.32 Å². The summed E-state index contributed by atoms with van der Waals surface area (Å²) in [5, 5.41) is 2.66. The van der Waals surface area contributed by atoms with Gasteiger partial charge in [-0.15, -0.1) is 0 Å². The molecule has 0 unspecified atom stereocenters. The van der Waals surface area contributed by atoms with Gasteiger partial charge < -0.3 is 14.6 Å². The Hall–Kier alpha value is -2.63. The average molecular weight is 358 g/mol. The Morgan fingerprint density at radius 3 is 2.62 bits per heavy atom. The average Bonchev–Trinajstić information content (AvgIpc) is 3.14. The first-order valence-electron chi connectivity index (χ1n) is 8.91. The van der Waals surface area contributed by atoms with Crippen LogP contribution in [-0.2, 0) is 16.0 Å². The second kappa shape index (κ2) is 8.17. The zero-order valence-electron chi connectivity index (χ0n) is 14.8. The summed E-state index contributed by atoms with van der Waals surface area (Å²) in [4.78, 5) is 25.8. The van der Waals surface area contributed by atoms with Gasteiger partial charge in [0.2, 0.25) is 11.8 Å². The summed E-state index contributed by atoms with van der Waals surface area (Å²) in [5.74, 6) is 0.910. The molecule has 1 saturated heterocycles. The van der Waals surface area contributed by atoms with Crippen molar-refractivity contribution in [1.82, 2.24) is 10.2 Å². The third kappa shape index (κ3) is 4.12. The highest BCUT2D eigenvalue weighted by molar-refractivity contribution is 5.80. The van der Waals surface area contributed by atoms with Crippen molar-refractivity contribution in [3.05, 3.63) is 48.0 Å². The standard InChI is InChI=1S/C20H23FN2O3/c1-22-20(25)14-10-12-23(13-11-14)19(24)9-7-15-6-8-18(26-15)16-4-2-3-5-17(16)21/h2-6,8,14H,7,9-13H2,1H3,(H,22,25). The number of nitrogens with zero attached hydrogens (tertiary/aromatic N) is 1. The van der Waals surface area contributed by atoms with E-state index >= 15 is 0 Å². The van der Waals surface area contributed by atoms with E-state index in [0.717, 1.165) is 0 Å². The van der Waals surface area contributed by atoms with Crippen LogP contribution in [0.4, 0.5) is 4.39 Å². The first-order chi connectivity index (χ1) is 12.6. The van der Waals surface area contributed by atoms with E-state index in [9.17, 15) is 14.0 Å². The van der Waals surface area contributed by atoms with Crippen molar-refractivity contribution in [3.63, 3.8) is 0 Å². The van der Waals surface area contributed by atoms with E-state index in [1.807, 2.05) is 0 Å². The summed E-state index contributed by atoms with van der Waals surface area (Å²) in [6.07, 6.45) is 2.21. The number of aryl methyl sites for hydroxylation is 1. The van der Waals surface area contributed by atoms with Crippen LogP contribution >= 0.6 is 0 Å². The number of hydrogen-bond acceptors (Lipinski definition) is 3. The zero-order chi connectivity index (χ0) is 18.5. The minimum absolute atomic E-state index is 0.00236. The van der Waals surface area contributed by atoms with Crippen LogP contribution in [0, 0.1) is 11.7 Å². The topological polar surface area (TPSA) is 62.6 Å². The maximum atomic E-state index is 13.8. The van der Waals surface area contributed by atoms with Crippen LogP contribution in [0.25, 0.3) is 11.3 Å². The number of hydrogen-bond donors (Lipinski definition) is 1. The minimum atomic E-state index is -0.330. The summed E-state index contributed by atoms with van der Waals surface area (Å²) in [5.41, 5.74) is 0.418. The molecule has 0 aliphatic carbocycles. The van der Waals surface area contributed by atoms with Gasteiger partial charge in [0, 0.05) is 38.9 Å². The second-order valence-electron chi connectivity index (χ2n) is 6.52. The number of carbonyl (C=O) groups excluding carboxylic acids is 2. The molecule has 1 fully saturated rings. The molecule has 2 amide bonds. The van der Waals surface area contributed by atoms with Crippen molar-refractivity contribution in [1.29, 1.82) is 0 Å². The largest absolute Gasteiger partial charge is 0.461 e. The second-order valence-corrected chi connectivity index (χ2v) is 6.52. The fourth-order valence-corrected chi connectivity index (χ4v) is 3.30. The van der Waals surface area contributed by atoms with Crippen molar-refractivity contribution in [2.24, 2.45) is 5.92 Å². The predicted molar refractivity (Wildman–Crippen MR) is 95.8 cm³/mol. The van der Waals surface area contributed by atoms with Crippen LogP contribution in [0.15, 0.2) is 40.8 Å². The van der Waals surface area contributed by atoms with E-state index in [0.29, 0.717) is 55.9 Å². The summed E-state index contributed by atoms with van der Waals surface area (Å²) in [6, 6.07) is 9.96. The molecule has 5 nitrogen and oxygen atoms in total. The minimum Gasteiger partial charge on any atom is -0.461 e. The van der Waals surface area contributed by atoms with Crippen LogP contribution in [0.3, 0.4) is 0 Å². The van der Waals surface area contributed by atoms with Gasteiger partial charge in [-0.05, 0) is 37.1 Å². The van der Waals surface area contributed by atoms with E-state index in [1.54, 1.807) is 42.3 Å². The maximum absolute atomic E-state index is 13.8. The SMILES string of the molecule is CNC(=O)C1CCN(C(=O)CCc2ccc(-c3ccccc3F)o2)CC1. The molecule has 0 saturated carbocycles. The molecule has 26 heavy (non-hydrogen) atoms. The summed E-state index contributed by atoms with van der Waals surface area (Å²) < 4.78 is 19.5. The third-order valence-corrected chi connectivity index (χ3v) is 4.85. The number of likely N-dealkylation sites (tertiary alicyclic amines) is 1.